The first kappa shape index (κ1) is 16.8. The Bertz CT molecular complexity index is 621. The first-order valence-corrected chi connectivity index (χ1v) is 9.52. The molecule has 1 fully saturated rings. The third-order valence-electron chi connectivity index (χ3n) is 4.35. The Morgan fingerprint density at radius 1 is 1.29 bits per heavy atom. The van der Waals surface area contributed by atoms with E-state index < -0.39 is 10.0 Å². The van der Waals surface area contributed by atoms with Gasteiger partial charge in [-0.15, -0.1) is 0 Å². The van der Waals surface area contributed by atoms with Gasteiger partial charge in [-0.3, -0.25) is 0 Å². The maximum absolute atomic E-state index is 12.8. The molecule has 1 aliphatic heterocycles. The van der Waals surface area contributed by atoms with E-state index in [-0.39, 0.29) is 0 Å². The lowest BCUT2D eigenvalue weighted by atomic mass is 9.87. The van der Waals surface area contributed by atoms with Crippen LogP contribution in [0.5, 0.6) is 0 Å². The molecule has 4 nitrogen and oxygen atoms in total. The van der Waals surface area contributed by atoms with Gasteiger partial charge in [0.05, 0.1) is 4.90 Å². The number of nitrogen functional groups attached to an aromatic ring is 1. The molecule has 0 spiro atoms. The Hall–Kier alpha value is -0.590. The summed E-state index contributed by atoms with van der Waals surface area (Å²) >= 11 is 3.33. The van der Waals surface area contributed by atoms with E-state index in [4.69, 9.17) is 5.73 Å². The predicted octanol–water partition coefficient (Wildman–Crippen LogP) is 3.40. The molecule has 6 heteroatoms. The number of hydrogen-bond acceptors (Lipinski definition) is 3. The van der Waals surface area contributed by atoms with Crippen LogP contribution in [0.1, 0.15) is 32.3 Å². The molecule has 1 saturated heterocycles. The molecule has 0 atom stereocenters. The summed E-state index contributed by atoms with van der Waals surface area (Å²) in [5, 5.41) is 0. The van der Waals surface area contributed by atoms with Crippen LogP contribution in [-0.2, 0) is 10.0 Å². The van der Waals surface area contributed by atoms with E-state index in [1.165, 1.54) is 0 Å². The van der Waals surface area contributed by atoms with E-state index in [1.54, 1.807) is 23.4 Å². The number of nitrogens with zero attached hydrogens (tertiary/aromatic N) is 1. The molecule has 21 heavy (non-hydrogen) atoms. The molecular formula is C15H23BrN2O2S. The number of halogens is 1. The third kappa shape index (κ3) is 3.43. The minimum Gasteiger partial charge on any atom is -0.398 e. The highest BCUT2D eigenvalue weighted by atomic mass is 79.9. The van der Waals surface area contributed by atoms with Crippen LogP contribution >= 0.6 is 15.9 Å². The van der Waals surface area contributed by atoms with Gasteiger partial charge in [-0.1, -0.05) is 13.8 Å². The molecule has 0 amide bonds. The molecule has 0 radical (unpaired) electrons. The Morgan fingerprint density at radius 2 is 1.86 bits per heavy atom. The van der Waals surface area contributed by atoms with E-state index in [9.17, 15) is 8.42 Å². The zero-order chi connectivity index (χ0) is 15.8. The molecule has 0 bridgehead atoms. The van der Waals surface area contributed by atoms with Gasteiger partial charge in [0.1, 0.15) is 0 Å². The molecule has 1 aromatic carbocycles. The maximum atomic E-state index is 12.8. The average Bonchev–Trinajstić information content (AvgIpc) is 2.42. The van der Waals surface area contributed by atoms with Crippen molar-refractivity contribution in [2.45, 2.75) is 38.5 Å². The molecule has 0 saturated carbocycles. The van der Waals surface area contributed by atoms with Gasteiger partial charge in [-0.2, -0.15) is 4.31 Å². The highest BCUT2D eigenvalue weighted by Gasteiger charge is 2.31. The smallest absolute Gasteiger partial charge is 0.243 e. The minimum absolute atomic E-state index is 0.325. The van der Waals surface area contributed by atoms with Crippen LogP contribution in [0.3, 0.4) is 0 Å². The van der Waals surface area contributed by atoms with E-state index in [0.717, 1.165) is 22.9 Å². The second kappa shape index (κ2) is 6.26. The Morgan fingerprint density at radius 3 is 2.38 bits per heavy atom. The number of nitrogens with two attached hydrogens (primary N) is 1. The number of piperidine rings is 1. The normalized spacial score (nSPS) is 18.3. The van der Waals surface area contributed by atoms with Crippen molar-refractivity contribution in [1.29, 1.82) is 0 Å². The Kier molecular flexibility index (Phi) is 5.00. The average molecular weight is 375 g/mol. The maximum Gasteiger partial charge on any atom is 0.243 e. The largest absolute Gasteiger partial charge is 0.398 e. The summed E-state index contributed by atoms with van der Waals surface area (Å²) in [4.78, 5) is 0.325. The SMILES string of the molecule is Cc1cc(Br)c(N)cc1S(=O)(=O)N1CCC(C(C)C)CC1. The number of rotatable bonds is 3. The molecule has 1 heterocycles. The molecular weight excluding hydrogens is 352 g/mol. The van der Waals surface area contributed by atoms with Gasteiger partial charge in [0.15, 0.2) is 0 Å². The lowest BCUT2D eigenvalue weighted by Crippen LogP contribution is -2.39. The van der Waals surface area contributed by atoms with Crippen LogP contribution < -0.4 is 5.73 Å². The van der Waals surface area contributed by atoms with Crippen molar-refractivity contribution in [2.24, 2.45) is 11.8 Å². The van der Waals surface area contributed by atoms with Crippen LogP contribution in [-0.4, -0.2) is 25.8 Å². The summed E-state index contributed by atoms with van der Waals surface area (Å²) in [6.45, 7) is 7.40. The van der Waals surface area contributed by atoms with Crippen LogP contribution in [0.15, 0.2) is 21.5 Å². The van der Waals surface area contributed by atoms with Crippen molar-refractivity contribution in [3.05, 3.63) is 22.2 Å². The van der Waals surface area contributed by atoms with Crippen molar-refractivity contribution >= 4 is 31.6 Å². The lowest BCUT2D eigenvalue weighted by molar-refractivity contribution is 0.226. The number of benzene rings is 1. The van der Waals surface area contributed by atoms with Gasteiger partial charge >= 0.3 is 0 Å². The Labute approximate surface area is 135 Å². The topological polar surface area (TPSA) is 63.4 Å². The second-order valence-corrected chi connectivity index (χ2v) is 8.89. The molecule has 1 aliphatic rings. The predicted molar refractivity (Wildman–Crippen MR) is 89.6 cm³/mol. The summed E-state index contributed by atoms with van der Waals surface area (Å²) in [5.41, 5.74) is 7.03. The van der Waals surface area contributed by atoms with Crippen LogP contribution in [0, 0.1) is 18.8 Å². The van der Waals surface area contributed by atoms with Crippen LogP contribution in [0.4, 0.5) is 5.69 Å². The molecule has 2 N–H and O–H groups in total. The zero-order valence-electron chi connectivity index (χ0n) is 12.8. The first-order chi connectivity index (χ1) is 9.73. The van der Waals surface area contributed by atoms with E-state index in [2.05, 4.69) is 29.8 Å². The summed E-state index contributed by atoms with van der Waals surface area (Å²) in [7, 11) is -3.45. The summed E-state index contributed by atoms with van der Waals surface area (Å²) < 4.78 is 27.9. The molecule has 0 aromatic heterocycles. The fourth-order valence-corrected chi connectivity index (χ4v) is 5.04. The number of hydrogen-bond donors (Lipinski definition) is 1. The van der Waals surface area contributed by atoms with Crippen molar-refractivity contribution in [1.82, 2.24) is 4.31 Å². The fourth-order valence-electron chi connectivity index (χ4n) is 2.87. The van der Waals surface area contributed by atoms with Crippen molar-refractivity contribution in [3.8, 4) is 0 Å². The zero-order valence-corrected chi connectivity index (χ0v) is 15.2. The van der Waals surface area contributed by atoms with E-state index in [1.807, 2.05) is 0 Å². The summed E-state index contributed by atoms with van der Waals surface area (Å²) in [5.74, 6) is 1.23. The highest BCUT2D eigenvalue weighted by Crippen LogP contribution is 2.32. The van der Waals surface area contributed by atoms with E-state index in [0.29, 0.717) is 35.5 Å². The lowest BCUT2D eigenvalue weighted by Gasteiger charge is -2.33. The van der Waals surface area contributed by atoms with Gasteiger partial charge in [0.2, 0.25) is 10.0 Å². The van der Waals surface area contributed by atoms with Gasteiger partial charge in [-0.05, 0) is 65.2 Å². The second-order valence-electron chi connectivity index (χ2n) is 6.12. The van der Waals surface area contributed by atoms with Crippen molar-refractivity contribution < 1.29 is 8.42 Å². The molecule has 0 aliphatic carbocycles. The molecule has 1 aromatic rings. The van der Waals surface area contributed by atoms with E-state index >= 15 is 0 Å². The van der Waals surface area contributed by atoms with Crippen LogP contribution in [0.25, 0.3) is 0 Å². The summed E-state index contributed by atoms with van der Waals surface area (Å²) in [6, 6.07) is 3.33. The van der Waals surface area contributed by atoms with Gasteiger partial charge in [-0.25, -0.2) is 8.42 Å². The standard InChI is InChI=1S/C15H23BrN2O2S/c1-10(2)12-4-6-18(7-5-12)21(19,20)15-9-14(17)13(16)8-11(15)3/h8-10,12H,4-7,17H2,1-3H3. The Balaban J connectivity index is 2.26. The molecule has 0 unspecified atom stereocenters. The van der Waals surface area contributed by atoms with Crippen molar-refractivity contribution in [3.63, 3.8) is 0 Å². The first-order valence-electron chi connectivity index (χ1n) is 7.29. The van der Waals surface area contributed by atoms with Gasteiger partial charge < -0.3 is 5.73 Å². The van der Waals surface area contributed by atoms with Crippen LogP contribution in [0.2, 0.25) is 0 Å². The monoisotopic (exact) mass is 374 g/mol. The fraction of sp³-hybridized carbons (Fsp3) is 0.600. The van der Waals surface area contributed by atoms with Gasteiger partial charge in [0.25, 0.3) is 0 Å². The quantitative estimate of drug-likeness (QED) is 0.824. The summed E-state index contributed by atoms with van der Waals surface area (Å²) in [6.07, 6.45) is 1.86. The number of sulfonamides is 1. The molecule has 2 rings (SSSR count). The third-order valence-corrected chi connectivity index (χ3v) is 7.08. The number of aryl methyl sites for hydroxylation is 1. The highest BCUT2D eigenvalue weighted by molar-refractivity contribution is 9.10. The minimum atomic E-state index is -3.45. The molecule has 118 valence electrons. The van der Waals surface area contributed by atoms with Crippen molar-refractivity contribution in [2.75, 3.05) is 18.8 Å². The number of anilines is 1. The van der Waals surface area contributed by atoms with Gasteiger partial charge in [0, 0.05) is 23.2 Å².